The molecule has 0 spiro atoms. The van der Waals surface area contributed by atoms with Crippen LogP contribution in [0.1, 0.15) is 33.1 Å². The molecule has 0 rings (SSSR count). The van der Waals surface area contributed by atoms with E-state index in [2.05, 4.69) is 4.99 Å². The lowest BCUT2D eigenvalue weighted by Crippen LogP contribution is -2.45. The Morgan fingerprint density at radius 3 is 2.05 bits per heavy atom. The van der Waals surface area contributed by atoms with Gasteiger partial charge in [0.1, 0.15) is 0 Å². The van der Waals surface area contributed by atoms with E-state index in [4.69, 9.17) is 22.9 Å². The van der Waals surface area contributed by atoms with Gasteiger partial charge in [-0.05, 0) is 25.2 Å². The van der Waals surface area contributed by atoms with Crippen molar-refractivity contribution in [1.82, 2.24) is 0 Å². The van der Waals surface area contributed by atoms with Crippen molar-refractivity contribution in [2.75, 3.05) is 6.54 Å². The molecule has 0 aromatic heterocycles. The normalized spacial score (nSPS) is 13.9. The van der Waals surface area contributed by atoms with E-state index in [0.717, 1.165) is 0 Å². The standard InChI is InChI=1S/C12H25N5O2/c1-7(2)6-9(14)11(19)10(18)8(13)4-3-5-17-12(15)16/h7-9H,3-6,13-14H2,1-2H3,(H4,15,16,17)/t8-,9-/m0/s1. The number of nitrogens with zero attached hydrogens (tertiary/aromatic N) is 1. The summed E-state index contributed by atoms with van der Waals surface area (Å²) in [6.07, 6.45) is 1.37. The second-order valence-electron chi connectivity index (χ2n) is 5.02. The average molecular weight is 271 g/mol. The van der Waals surface area contributed by atoms with Crippen LogP contribution in [-0.4, -0.2) is 36.2 Å². The molecule has 19 heavy (non-hydrogen) atoms. The van der Waals surface area contributed by atoms with E-state index in [0.29, 0.717) is 25.8 Å². The van der Waals surface area contributed by atoms with E-state index in [9.17, 15) is 9.59 Å². The van der Waals surface area contributed by atoms with Crippen molar-refractivity contribution < 1.29 is 9.59 Å². The maximum atomic E-state index is 11.8. The molecule has 0 aliphatic heterocycles. The van der Waals surface area contributed by atoms with Crippen molar-refractivity contribution in [1.29, 1.82) is 0 Å². The van der Waals surface area contributed by atoms with Gasteiger partial charge in [-0.15, -0.1) is 0 Å². The third kappa shape index (κ3) is 7.53. The summed E-state index contributed by atoms with van der Waals surface area (Å²) in [5.41, 5.74) is 21.7. The van der Waals surface area contributed by atoms with Crippen LogP contribution in [0.3, 0.4) is 0 Å². The minimum atomic E-state index is -0.833. The molecule has 7 heteroatoms. The van der Waals surface area contributed by atoms with E-state index in [1.807, 2.05) is 13.8 Å². The summed E-state index contributed by atoms with van der Waals surface area (Å²) in [6, 6.07) is -1.60. The Bertz CT molecular complexity index is 337. The third-order valence-electron chi connectivity index (χ3n) is 2.61. The van der Waals surface area contributed by atoms with Crippen LogP contribution in [-0.2, 0) is 9.59 Å². The quantitative estimate of drug-likeness (QED) is 0.180. The molecule has 7 nitrogen and oxygen atoms in total. The zero-order chi connectivity index (χ0) is 15.0. The summed E-state index contributed by atoms with van der Waals surface area (Å²) in [5.74, 6) is -0.958. The smallest absolute Gasteiger partial charge is 0.216 e. The molecule has 0 aliphatic carbocycles. The number of rotatable bonds is 9. The summed E-state index contributed by atoms with van der Waals surface area (Å²) in [6.45, 7) is 4.26. The van der Waals surface area contributed by atoms with Gasteiger partial charge < -0.3 is 22.9 Å². The van der Waals surface area contributed by atoms with Gasteiger partial charge in [0.2, 0.25) is 11.6 Å². The fourth-order valence-electron chi connectivity index (χ4n) is 1.63. The van der Waals surface area contributed by atoms with E-state index in [-0.39, 0.29) is 11.9 Å². The molecule has 0 saturated heterocycles. The first-order valence-electron chi connectivity index (χ1n) is 6.40. The van der Waals surface area contributed by atoms with Crippen LogP contribution in [0.15, 0.2) is 4.99 Å². The summed E-state index contributed by atoms with van der Waals surface area (Å²) in [4.78, 5) is 27.3. The molecule has 0 unspecified atom stereocenters. The van der Waals surface area contributed by atoms with Gasteiger partial charge in [0, 0.05) is 6.54 Å². The van der Waals surface area contributed by atoms with E-state index in [1.54, 1.807) is 0 Å². The molecule has 0 aliphatic rings. The van der Waals surface area contributed by atoms with Gasteiger partial charge in [0.15, 0.2) is 5.96 Å². The first-order chi connectivity index (χ1) is 8.75. The fourth-order valence-corrected chi connectivity index (χ4v) is 1.63. The summed E-state index contributed by atoms with van der Waals surface area (Å²) in [7, 11) is 0. The summed E-state index contributed by atoms with van der Waals surface area (Å²) in [5, 5.41) is 0. The second-order valence-corrected chi connectivity index (χ2v) is 5.02. The first kappa shape index (κ1) is 17.5. The SMILES string of the molecule is CC(C)C[C@H](N)C(=O)C(=O)[C@@H](N)CCCN=C(N)N. The highest BCUT2D eigenvalue weighted by Crippen LogP contribution is 2.06. The van der Waals surface area contributed by atoms with Crippen LogP contribution in [0.2, 0.25) is 0 Å². The number of Topliss-reactive ketones (excluding diaryl/α,β-unsaturated/α-hetero) is 2. The maximum absolute atomic E-state index is 11.8. The van der Waals surface area contributed by atoms with Crippen molar-refractivity contribution in [3.8, 4) is 0 Å². The Labute approximate surface area is 113 Å². The van der Waals surface area contributed by atoms with Gasteiger partial charge in [-0.3, -0.25) is 14.6 Å². The predicted octanol–water partition coefficient (Wildman–Crippen LogP) is -1.12. The van der Waals surface area contributed by atoms with E-state index in [1.165, 1.54) is 0 Å². The molecular weight excluding hydrogens is 246 g/mol. The van der Waals surface area contributed by atoms with Gasteiger partial charge in [-0.1, -0.05) is 13.8 Å². The van der Waals surface area contributed by atoms with Gasteiger partial charge >= 0.3 is 0 Å². The topological polar surface area (TPSA) is 151 Å². The molecule has 0 radical (unpaired) electrons. The minimum absolute atomic E-state index is 0.00469. The molecule has 8 N–H and O–H groups in total. The number of ketones is 2. The predicted molar refractivity (Wildman–Crippen MR) is 75.3 cm³/mol. The number of aliphatic imine (C=N–C) groups is 1. The van der Waals surface area contributed by atoms with Crippen LogP contribution >= 0.6 is 0 Å². The molecule has 0 aromatic carbocycles. The number of hydrogen-bond donors (Lipinski definition) is 4. The van der Waals surface area contributed by atoms with Crippen LogP contribution in [0, 0.1) is 5.92 Å². The average Bonchev–Trinajstić information content (AvgIpc) is 2.31. The largest absolute Gasteiger partial charge is 0.370 e. The van der Waals surface area contributed by atoms with Gasteiger partial charge in [-0.2, -0.15) is 0 Å². The third-order valence-corrected chi connectivity index (χ3v) is 2.61. The molecule has 0 heterocycles. The van der Waals surface area contributed by atoms with Crippen LogP contribution in [0.4, 0.5) is 0 Å². The molecule has 0 saturated carbocycles. The maximum Gasteiger partial charge on any atom is 0.216 e. The summed E-state index contributed by atoms with van der Waals surface area (Å²) < 4.78 is 0. The molecular formula is C12H25N5O2. The molecule has 0 amide bonds. The Kier molecular flexibility index (Phi) is 7.94. The molecule has 110 valence electrons. The number of hydrogen-bond acceptors (Lipinski definition) is 5. The number of carbonyl (C=O) groups is 2. The molecule has 0 bridgehead atoms. The highest BCUT2D eigenvalue weighted by atomic mass is 16.2. The van der Waals surface area contributed by atoms with E-state index >= 15 is 0 Å². The lowest BCUT2D eigenvalue weighted by Gasteiger charge is -2.15. The number of guanidine groups is 1. The Morgan fingerprint density at radius 2 is 1.58 bits per heavy atom. The Morgan fingerprint density at radius 1 is 1.05 bits per heavy atom. The number of carbonyl (C=O) groups excluding carboxylic acids is 2. The van der Waals surface area contributed by atoms with Crippen LogP contribution in [0.25, 0.3) is 0 Å². The van der Waals surface area contributed by atoms with E-state index < -0.39 is 23.7 Å². The van der Waals surface area contributed by atoms with Gasteiger partial charge in [0.05, 0.1) is 12.1 Å². The van der Waals surface area contributed by atoms with Crippen molar-refractivity contribution in [2.45, 2.75) is 45.2 Å². The number of nitrogens with two attached hydrogens (primary N) is 4. The van der Waals surface area contributed by atoms with Crippen LogP contribution < -0.4 is 22.9 Å². The van der Waals surface area contributed by atoms with Gasteiger partial charge in [-0.25, -0.2) is 0 Å². The fraction of sp³-hybridized carbons (Fsp3) is 0.750. The molecule has 0 fully saturated rings. The van der Waals surface area contributed by atoms with Crippen molar-refractivity contribution in [3.05, 3.63) is 0 Å². The van der Waals surface area contributed by atoms with Gasteiger partial charge in [0.25, 0.3) is 0 Å². The zero-order valence-electron chi connectivity index (χ0n) is 11.6. The Hall–Kier alpha value is -1.47. The highest BCUT2D eigenvalue weighted by Gasteiger charge is 2.26. The summed E-state index contributed by atoms with van der Waals surface area (Å²) >= 11 is 0. The van der Waals surface area contributed by atoms with Crippen LogP contribution in [0.5, 0.6) is 0 Å². The Balaban J connectivity index is 4.17. The van der Waals surface area contributed by atoms with Crippen molar-refractivity contribution in [3.63, 3.8) is 0 Å². The molecule has 0 aromatic rings. The first-order valence-corrected chi connectivity index (χ1v) is 6.40. The second kappa shape index (κ2) is 8.60. The molecule has 2 atom stereocenters. The zero-order valence-corrected chi connectivity index (χ0v) is 11.6. The lowest BCUT2D eigenvalue weighted by molar-refractivity contribution is -0.138. The minimum Gasteiger partial charge on any atom is -0.370 e. The highest BCUT2D eigenvalue weighted by molar-refractivity contribution is 6.40. The van der Waals surface area contributed by atoms with Crippen molar-refractivity contribution in [2.24, 2.45) is 33.8 Å². The monoisotopic (exact) mass is 271 g/mol. The lowest BCUT2D eigenvalue weighted by atomic mass is 9.95. The van der Waals surface area contributed by atoms with Crippen molar-refractivity contribution >= 4 is 17.5 Å².